The highest BCUT2D eigenvalue weighted by atomic mass is 16.5. The number of carboxylic acid groups (broad SMARTS) is 1. The van der Waals surface area contributed by atoms with Gasteiger partial charge in [-0.2, -0.15) is 0 Å². The predicted octanol–water partition coefficient (Wildman–Crippen LogP) is 1.27. The van der Waals surface area contributed by atoms with Gasteiger partial charge in [-0.15, -0.1) is 6.42 Å². The average Bonchev–Trinajstić information content (AvgIpc) is 2.69. The van der Waals surface area contributed by atoms with Gasteiger partial charge in [0.2, 0.25) is 0 Å². The molecule has 0 aliphatic carbocycles. The lowest BCUT2D eigenvalue weighted by Gasteiger charge is -2.18. The standard InChI is InChI=1S/C13H16N2O4/c1-5-6-15(7-10(16)17)13(18)11-9(4)14-19-12(11)8(2)3/h1,8H,6-7H2,2-4H3,(H,16,17). The zero-order chi connectivity index (χ0) is 14.6. The van der Waals surface area contributed by atoms with Crippen LogP contribution in [0.25, 0.3) is 0 Å². The molecular weight excluding hydrogens is 248 g/mol. The molecule has 6 nitrogen and oxygen atoms in total. The van der Waals surface area contributed by atoms with Crippen LogP contribution in [0.1, 0.15) is 41.6 Å². The average molecular weight is 264 g/mol. The van der Waals surface area contributed by atoms with Crippen molar-refractivity contribution < 1.29 is 19.2 Å². The Kier molecular flexibility index (Phi) is 4.70. The Morgan fingerprint density at radius 1 is 1.53 bits per heavy atom. The second kappa shape index (κ2) is 6.05. The van der Waals surface area contributed by atoms with E-state index >= 15 is 0 Å². The van der Waals surface area contributed by atoms with Crippen molar-refractivity contribution >= 4 is 11.9 Å². The van der Waals surface area contributed by atoms with E-state index in [4.69, 9.17) is 16.1 Å². The zero-order valence-electron chi connectivity index (χ0n) is 11.1. The number of aryl methyl sites for hydroxylation is 1. The Hall–Kier alpha value is -2.29. The van der Waals surface area contributed by atoms with Crippen molar-refractivity contribution in [2.24, 2.45) is 0 Å². The number of aromatic nitrogens is 1. The first-order valence-electron chi connectivity index (χ1n) is 5.79. The Morgan fingerprint density at radius 2 is 2.16 bits per heavy atom. The van der Waals surface area contributed by atoms with Crippen molar-refractivity contribution in [1.82, 2.24) is 10.1 Å². The first-order chi connectivity index (χ1) is 8.88. The third-order valence-corrected chi connectivity index (χ3v) is 2.52. The van der Waals surface area contributed by atoms with Gasteiger partial charge >= 0.3 is 5.97 Å². The fourth-order valence-electron chi connectivity index (χ4n) is 1.67. The van der Waals surface area contributed by atoms with Crippen LogP contribution in [-0.2, 0) is 4.79 Å². The van der Waals surface area contributed by atoms with Crippen LogP contribution < -0.4 is 0 Å². The van der Waals surface area contributed by atoms with Gasteiger partial charge in [0.05, 0.1) is 12.2 Å². The maximum Gasteiger partial charge on any atom is 0.323 e. The van der Waals surface area contributed by atoms with Crippen LogP contribution in [0.3, 0.4) is 0 Å². The monoisotopic (exact) mass is 264 g/mol. The molecule has 19 heavy (non-hydrogen) atoms. The molecule has 102 valence electrons. The highest BCUT2D eigenvalue weighted by Gasteiger charge is 2.27. The molecule has 0 bridgehead atoms. The second-order valence-corrected chi connectivity index (χ2v) is 4.42. The van der Waals surface area contributed by atoms with E-state index in [0.29, 0.717) is 17.0 Å². The highest BCUT2D eigenvalue weighted by Crippen LogP contribution is 2.23. The van der Waals surface area contributed by atoms with E-state index in [2.05, 4.69) is 11.1 Å². The molecule has 0 spiro atoms. The van der Waals surface area contributed by atoms with Crippen LogP contribution in [0.2, 0.25) is 0 Å². The topological polar surface area (TPSA) is 83.6 Å². The van der Waals surface area contributed by atoms with E-state index in [1.165, 1.54) is 0 Å². The summed E-state index contributed by atoms with van der Waals surface area (Å²) in [7, 11) is 0. The lowest BCUT2D eigenvalue weighted by molar-refractivity contribution is -0.137. The predicted molar refractivity (Wildman–Crippen MR) is 67.7 cm³/mol. The maximum absolute atomic E-state index is 12.3. The van der Waals surface area contributed by atoms with Crippen LogP contribution in [-0.4, -0.2) is 40.1 Å². The summed E-state index contributed by atoms with van der Waals surface area (Å²) in [6.45, 7) is 4.83. The largest absolute Gasteiger partial charge is 0.480 e. The number of aliphatic carboxylic acids is 1. The Labute approximate surface area is 111 Å². The number of carboxylic acids is 1. The van der Waals surface area contributed by atoms with Gasteiger partial charge < -0.3 is 14.5 Å². The molecule has 1 heterocycles. The third-order valence-electron chi connectivity index (χ3n) is 2.52. The smallest absolute Gasteiger partial charge is 0.323 e. The van der Waals surface area contributed by atoms with Crippen molar-refractivity contribution in [3.05, 3.63) is 17.0 Å². The van der Waals surface area contributed by atoms with Crippen LogP contribution in [0, 0.1) is 19.3 Å². The highest BCUT2D eigenvalue weighted by molar-refractivity contribution is 5.97. The number of hydrogen-bond acceptors (Lipinski definition) is 4. The minimum absolute atomic E-state index is 0.0299. The summed E-state index contributed by atoms with van der Waals surface area (Å²) >= 11 is 0. The zero-order valence-corrected chi connectivity index (χ0v) is 11.1. The minimum Gasteiger partial charge on any atom is -0.480 e. The molecule has 6 heteroatoms. The minimum atomic E-state index is -1.12. The van der Waals surface area contributed by atoms with E-state index in [9.17, 15) is 9.59 Å². The molecule has 1 amide bonds. The first-order valence-corrected chi connectivity index (χ1v) is 5.79. The summed E-state index contributed by atoms with van der Waals surface area (Å²) in [6, 6.07) is 0. The summed E-state index contributed by atoms with van der Waals surface area (Å²) in [5, 5.41) is 12.6. The number of amides is 1. The molecule has 0 fully saturated rings. The van der Waals surface area contributed by atoms with Gasteiger partial charge in [0, 0.05) is 5.92 Å². The van der Waals surface area contributed by atoms with Gasteiger partial charge in [-0.3, -0.25) is 9.59 Å². The molecule has 0 saturated carbocycles. The van der Waals surface area contributed by atoms with Gasteiger partial charge in [-0.25, -0.2) is 0 Å². The van der Waals surface area contributed by atoms with E-state index in [1.54, 1.807) is 6.92 Å². The number of terminal acetylenes is 1. The molecular formula is C13H16N2O4. The van der Waals surface area contributed by atoms with Crippen molar-refractivity contribution in [2.75, 3.05) is 13.1 Å². The van der Waals surface area contributed by atoms with Gasteiger partial charge in [0.25, 0.3) is 5.91 Å². The fourth-order valence-corrected chi connectivity index (χ4v) is 1.67. The van der Waals surface area contributed by atoms with Crippen molar-refractivity contribution in [1.29, 1.82) is 0 Å². The van der Waals surface area contributed by atoms with Crippen LogP contribution >= 0.6 is 0 Å². The number of hydrogen-bond donors (Lipinski definition) is 1. The molecule has 0 atom stereocenters. The van der Waals surface area contributed by atoms with Crippen molar-refractivity contribution in [3.63, 3.8) is 0 Å². The Morgan fingerprint density at radius 3 is 2.63 bits per heavy atom. The molecule has 1 aromatic heterocycles. The maximum atomic E-state index is 12.3. The van der Waals surface area contributed by atoms with Gasteiger partial charge in [0.1, 0.15) is 12.1 Å². The molecule has 1 aromatic rings. The number of nitrogens with zero attached hydrogens (tertiary/aromatic N) is 2. The normalized spacial score (nSPS) is 10.3. The number of carbonyl (C=O) groups is 2. The number of carbonyl (C=O) groups excluding carboxylic acids is 1. The van der Waals surface area contributed by atoms with Crippen LogP contribution in [0.15, 0.2) is 4.52 Å². The lowest BCUT2D eigenvalue weighted by Crippen LogP contribution is -2.36. The molecule has 0 aliphatic rings. The summed E-state index contributed by atoms with van der Waals surface area (Å²) in [5.74, 6) is 1.09. The second-order valence-electron chi connectivity index (χ2n) is 4.42. The molecule has 0 aromatic carbocycles. The van der Waals surface area contributed by atoms with Crippen molar-refractivity contribution in [3.8, 4) is 12.3 Å². The van der Waals surface area contributed by atoms with E-state index < -0.39 is 18.4 Å². The molecule has 0 aliphatic heterocycles. The quantitative estimate of drug-likeness (QED) is 0.809. The van der Waals surface area contributed by atoms with Crippen molar-refractivity contribution in [2.45, 2.75) is 26.7 Å². The molecule has 0 saturated heterocycles. The lowest BCUT2D eigenvalue weighted by atomic mass is 10.0. The molecule has 0 radical (unpaired) electrons. The van der Waals surface area contributed by atoms with Crippen LogP contribution in [0.5, 0.6) is 0 Å². The van der Waals surface area contributed by atoms with Gasteiger partial charge in [-0.05, 0) is 6.92 Å². The van der Waals surface area contributed by atoms with Gasteiger partial charge in [-0.1, -0.05) is 24.9 Å². The summed E-state index contributed by atoms with van der Waals surface area (Å²) in [6.07, 6.45) is 5.16. The van der Waals surface area contributed by atoms with E-state index in [-0.39, 0.29) is 12.5 Å². The summed E-state index contributed by atoms with van der Waals surface area (Å²) < 4.78 is 5.11. The van der Waals surface area contributed by atoms with Crippen LogP contribution in [0.4, 0.5) is 0 Å². The van der Waals surface area contributed by atoms with E-state index in [0.717, 1.165) is 4.90 Å². The summed E-state index contributed by atoms with van der Waals surface area (Å²) in [4.78, 5) is 24.2. The summed E-state index contributed by atoms with van der Waals surface area (Å²) in [5.41, 5.74) is 0.729. The fraction of sp³-hybridized carbons (Fsp3) is 0.462. The molecule has 1 N–H and O–H groups in total. The Balaban J connectivity index is 3.13. The number of rotatable bonds is 5. The molecule has 1 rings (SSSR count). The third kappa shape index (κ3) is 3.35. The Bertz CT molecular complexity index is 525. The van der Waals surface area contributed by atoms with E-state index in [1.807, 2.05) is 13.8 Å². The van der Waals surface area contributed by atoms with Gasteiger partial charge in [0.15, 0.2) is 5.76 Å². The SMILES string of the molecule is C#CCN(CC(=O)O)C(=O)c1c(C)noc1C(C)C. The molecule has 0 unspecified atom stereocenters. The first kappa shape index (κ1) is 14.8.